The first-order valence-electron chi connectivity index (χ1n) is 10.1. The van der Waals surface area contributed by atoms with E-state index in [1.165, 1.54) is 6.20 Å². The van der Waals surface area contributed by atoms with E-state index in [9.17, 15) is 9.59 Å². The fourth-order valence-corrected chi connectivity index (χ4v) is 4.95. The number of nitrogens with two attached hydrogens (primary N) is 1. The van der Waals surface area contributed by atoms with Crippen LogP contribution in [0.25, 0.3) is 10.9 Å². The first-order chi connectivity index (χ1) is 14.4. The molecule has 2 aliphatic heterocycles. The lowest BCUT2D eigenvalue weighted by molar-refractivity contribution is 0.0126. The van der Waals surface area contributed by atoms with E-state index in [-0.39, 0.29) is 40.7 Å². The van der Waals surface area contributed by atoms with E-state index in [2.05, 4.69) is 4.74 Å². The Morgan fingerprint density at radius 3 is 2.77 bits per heavy atom. The molecule has 9 heteroatoms. The van der Waals surface area contributed by atoms with Gasteiger partial charge in [-0.15, -0.1) is 0 Å². The van der Waals surface area contributed by atoms with Gasteiger partial charge in [-0.3, -0.25) is 4.79 Å². The van der Waals surface area contributed by atoms with E-state index >= 15 is 8.78 Å². The number of hydrogen-bond acceptors (Lipinski definition) is 6. The molecular weight excluding hydrogens is 396 g/mol. The predicted molar refractivity (Wildman–Crippen MR) is 106 cm³/mol. The van der Waals surface area contributed by atoms with E-state index in [0.29, 0.717) is 19.7 Å². The second-order valence-corrected chi connectivity index (χ2v) is 8.40. The molecule has 1 aromatic carbocycles. The highest BCUT2D eigenvalue weighted by atomic mass is 19.1. The van der Waals surface area contributed by atoms with E-state index in [1.807, 2.05) is 0 Å². The van der Waals surface area contributed by atoms with Gasteiger partial charge in [0, 0.05) is 44.4 Å². The standard InChI is InChI=1S/C21H23F2N3O4/c1-29-20(28)14-8-26(12-2-3-12)17-13(19(14)27)6-15(22)18(16(17)23)25-7-11-4-5-30-21(11,9-24)10-25/h6,8,11-12H,2-5,7,9-10,24H2,1H3. The summed E-state index contributed by atoms with van der Waals surface area (Å²) in [5.41, 5.74) is 4.22. The molecule has 30 heavy (non-hydrogen) atoms. The van der Waals surface area contributed by atoms with Gasteiger partial charge in [0.1, 0.15) is 22.7 Å². The zero-order chi connectivity index (χ0) is 21.2. The van der Waals surface area contributed by atoms with Crippen molar-refractivity contribution in [3.8, 4) is 0 Å². The van der Waals surface area contributed by atoms with Crippen LogP contribution in [0, 0.1) is 17.6 Å². The van der Waals surface area contributed by atoms with Crippen LogP contribution >= 0.6 is 0 Å². The Balaban J connectivity index is 1.70. The first-order valence-corrected chi connectivity index (χ1v) is 10.1. The van der Waals surface area contributed by atoms with Gasteiger partial charge in [0.15, 0.2) is 5.82 Å². The smallest absolute Gasteiger partial charge is 0.343 e. The molecule has 3 heterocycles. The minimum absolute atomic E-state index is 0.0197. The molecule has 2 unspecified atom stereocenters. The summed E-state index contributed by atoms with van der Waals surface area (Å²) in [6.45, 7) is 1.60. The minimum atomic E-state index is -0.839. The number of hydrogen-bond donors (Lipinski definition) is 1. The maximum Gasteiger partial charge on any atom is 0.343 e. The minimum Gasteiger partial charge on any atom is -0.465 e. The molecule has 5 rings (SSSR count). The molecule has 2 atom stereocenters. The van der Waals surface area contributed by atoms with Gasteiger partial charge in [-0.25, -0.2) is 13.6 Å². The Morgan fingerprint density at radius 2 is 2.13 bits per heavy atom. The van der Waals surface area contributed by atoms with E-state index in [0.717, 1.165) is 32.4 Å². The van der Waals surface area contributed by atoms with Crippen molar-refractivity contribution in [2.75, 3.05) is 38.3 Å². The third-order valence-electron chi connectivity index (χ3n) is 6.69. The van der Waals surface area contributed by atoms with Crippen LogP contribution in [-0.4, -0.2) is 49.5 Å². The zero-order valence-electron chi connectivity index (χ0n) is 16.6. The van der Waals surface area contributed by atoms with Gasteiger partial charge >= 0.3 is 5.97 Å². The van der Waals surface area contributed by atoms with E-state index < -0.39 is 28.6 Å². The number of rotatable bonds is 4. The number of anilines is 1. The number of halogens is 2. The van der Waals surface area contributed by atoms with Crippen LogP contribution in [0.15, 0.2) is 17.1 Å². The molecule has 3 fully saturated rings. The van der Waals surface area contributed by atoms with Gasteiger partial charge in [0.25, 0.3) is 0 Å². The monoisotopic (exact) mass is 419 g/mol. The van der Waals surface area contributed by atoms with Crippen molar-refractivity contribution in [2.45, 2.75) is 30.9 Å². The number of carbonyl (C=O) groups excluding carboxylic acids is 1. The summed E-state index contributed by atoms with van der Waals surface area (Å²) in [5, 5.41) is -0.160. The summed E-state index contributed by atoms with van der Waals surface area (Å²) >= 11 is 0. The van der Waals surface area contributed by atoms with Gasteiger partial charge in [0.05, 0.1) is 18.0 Å². The Bertz CT molecular complexity index is 1110. The number of ether oxygens (including phenoxy) is 2. The summed E-state index contributed by atoms with van der Waals surface area (Å²) < 4.78 is 43.1. The number of aromatic nitrogens is 1. The van der Waals surface area contributed by atoms with Crippen molar-refractivity contribution in [2.24, 2.45) is 11.7 Å². The van der Waals surface area contributed by atoms with Crippen LogP contribution in [0.1, 0.15) is 35.7 Å². The number of fused-ring (bicyclic) bond motifs is 2. The molecule has 0 amide bonds. The maximum atomic E-state index is 15.8. The Morgan fingerprint density at radius 1 is 1.37 bits per heavy atom. The molecule has 1 saturated carbocycles. The molecule has 160 valence electrons. The average molecular weight is 419 g/mol. The summed E-state index contributed by atoms with van der Waals surface area (Å²) in [5.74, 6) is -2.36. The van der Waals surface area contributed by atoms with Gasteiger partial charge in [-0.1, -0.05) is 0 Å². The molecule has 0 spiro atoms. The van der Waals surface area contributed by atoms with Crippen LogP contribution in [0.5, 0.6) is 0 Å². The quantitative estimate of drug-likeness (QED) is 0.763. The fraction of sp³-hybridized carbons (Fsp3) is 0.524. The average Bonchev–Trinajstić information content (AvgIpc) is 3.40. The molecule has 0 radical (unpaired) electrons. The third-order valence-corrected chi connectivity index (χ3v) is 6.69. The van der Waals surface area contributed by atoms with Crippen molar-refractivity contribution in [3.05, 3.63) is 39.7 Å². The van der Waals surface area contributed by atoms with Gasteiger partial charge < -0.3 is 24.7 Å². The SMILES string of the molecule is COC(=O)c1cn(C2CC2)c2c(F)c(N3CC4CCOC4(CN)C3)c(F)cc2c1=O. The molecular formula is C21H23F2N3O4. The van der Waals surface area contributed by atoms with Crippen molar-refractivity contribution in [3.63, 3.8) is 0 Å². The normalized spacial score (nSPS) is 25.7. The summed E-state index contributed by atoms with van der Waals surface area (Å²) in [6.07, 6.45) is 3.71. The number of carbonyl (C=O) groups is 1. The molecule has 3 aliphatic rings. The van der Waals surface area contributed by atoms with Crippen molar-refractivity contribution in [1.82, 2.24) is 4.57 Å². The number of methoxy groups -OCH3 is 1. The zero-order valence-corrected chi connectivity index (χ0v) is 16.6. The van der Waals surface area contributed by atoms with Crippen LogP contribution < -0.4 is 16.1 Å². The highest BCUT2D eigenvalue weighted by molar-refractivity contribution is 5.95. The predicted octanol–water partition coefficient (Wildman–Crippen LogP) is 1.96. The highest BCUT2D eigenvalue weighted by Gasteiger charge is 2.51. The molecule has 2 N–H and O–H groups in total. The second-order valence-electron chi connectivity index (χ2n) is 8.40. The topological polar surface area (TPSA) is 86.8 Å². The van der Waals surface area contributed by atoms with Gasteiger partial charge in [0.2, 0.25) is 5.43 Å². The Kier molecular flexibility index (Phi) is 4.37. The number of benzene rings is 1. The number of pyridine rings is 1. The molecule has 7 nitrogen and oxygen atoms in total. The number of nitrogens with zero attached hydrogens (tertiary/aromatic N) is 2. The van der Waals surface area contributed by atoms with Crippen LogP contribution in [0.4, 0.5) is 14.5 Å². The Labute approximate surface area is 171 Å². The molecule has 0 bridgehead atoms. The van der Waals surface area contributed by atoms with Crippen LogP contribution in [-0.2, 0) is 9.47 Å². The highest BCUT2D eigenvalue weighted by Crippen LogP contribution is 2.44. The lowest BCUT2D eigenvalue weighted by atomic mass is 9.91. The van der Waals surface area contributed by atoms with Crippen LogP contribution in [0.3, 0.4) is 0 Å². The van der Waals surface area contributed by atoms with Crippen molar-refractivity contribution in [1.29, 1.82) is 0 Å². The molecule has 1 aliphatic carbocycles. The van der Waals surface area contributed by atoms with Gasteiger partial charge in [-0.2, -0.15) is 0 Å². The first kappa shape index (κ1) is 19.4. The lowest BCUT2D eigenvalue weighted by Crippen LogP contribution is -2.44. The molecule has 2 saturated heterocycles. The fourth-order valence-electron chi connectivity index (χ4n) is 4.95. The van der Waals surface area contributed by atoms with E-state index in [4.69, 9.17) is 10.5 Å². The number of esters is 1. The largest absolute Gasteiger partial charge is 0.465 e. The van der Waals surface area contributed by atoms with Crippen LogP contribution in [0.2, 0.25) is 0 Å². The summed E-state index contributed by atoms with van der Waals surface area (Å²) in [4.78, 5) is 26.5. The summed E-state index contributed by atoms with van der Waals surface area (Å²) in [7, 11) is 1.16. The lowest BCUT2D eigenvalue weighted by Gasteiger charge is -2.27. The van der Waals surface area contributed by atoms with Crippen molar-refractivity contribution < 1.29 is 23.0 Å². The molecule has 1 aromatic heterocycles. The second kappa shape index (κ2) is 6.75. The summed E-state index contributed by atoms with van der Waals surface area (Å²) in [6, 6.07) is 0.992. The maximum absolute atomic E-state index is 15.8. The van der Waals surface area contributed by atoms with E-state index in [1.54, 1.807) is 9.47 Å². The third kappa shape index (κ3) is 2.68. The Hall–Kier alpha value is -2.52. The molecule has 2 aromatic rings. The van der Waals surface area contributed by atoms with Gasteiger partial charge in [-0.05, 0) is 25.3 Å². The van der Waals surface area contributed by atoms with Crippen molar-refractivity contribution >= 4 is 22.6 Å².